The summed E-state index contributed by atoms with van der Waals surface area (Å²) in [5.41, 5.74) is 4.43. The highest BCUT2D eigenvalue weighted by atomic mass is 16.4. The second-order valence-electron chi connectivity index (χ2n) is 7.61. The summed E-state index contributed by atoms with van der Waals surface area (Å²) in [6.45, 7) is 0.992. The van der Waals surface area contributed by atoms with E-state index in [1.54, 1.807) is 0 Å². The maximum absolute atomic E-state index is 6.46. The largest absolute Gasteiger partial charge is 0.440 e. The van der Waals surface area contributed by atoms with Crippen LogP contribution in [0.25, 0.3) is 22.6 Å². The van der Waals surface area contributed by atoms with Gasteiger partial charge in [-0.15, -0.1) is 0 Å². The lowest BCUT2D eigenvalue weighted by atomic mass is 9.94. The minimum Gasteiger partial charge on any atom is -0.440 e. The molecule has 3 nitrogen and oxygen atoms in total. The van der Waals surface area contributed by atoms with E-state index in [2.05, 4.69) is 59.9 Å². The average molecular weight is 380 g/mol. The van der Waals surface area contributed by atoms with Gasteiger partial charge in [-0.25, -0.2) is 4.98 Å². The SMILES string of the molecule is c1ccc(CC2NCCC2c2nc(-c3ccccc3)c(-c3ccccc3)o2)cc1. The highest BCUT2D eigenvalue weighted by Crippen LogP contribution is 2.37. The van der Waals surface area contributed by atoms with Gasteiger partial charge < -0.3 is 9.73 Å². The first-order valence-corrected chi connectivity index (χ1v) is 10.3. The first-order valence-electron chi connectivity index (χ1n) is 10.3. The predicted molar refractivity (Wildman–Crippen MR) is 117 cm³/mol. The van der Waals surface area contributed by atoms with Gasteiger partial charge in [0, 0.05) is 17.2 Å². The molecule has 1 saturated heterocycles. The third-order valence-corrected chi connectivity index (χ3v) is 5.69. The minimum atomic E-state index is 0.273. The van der Waals surface area contributed by atoms with Crippen molar-refractivity contribution in [3.05, 3.63) is 102 Å². The Morgan fingerprint density at radius 2 is 1.41 bits per heavy atom. The van der Waals surface area contributed by atoms with Crippen molar-refractivity contribution in [3.8, 4) is 22.6 Å². The molecule has 0 amide bonds. The molecule has 3 heteroatoms. The lowest BCUT2D eigenvalue weighted by molar-refractivity contribution is 0.420. The second-order valence-corrected chi connectivity index (χ2v) is 7.61. The van der Waals surface area contributed by atoms with E-state index in [9.17, 15) is 0 Å². The van der Waals surface area contributed by atoms with Crippen LogP contribution in [0.3, 0.4) is 0 Å². The molecule has 0 saturated carbocycles. The number of rotatable bonds is 5. The summed E-state index contributed by atoms with van der Waals surface area (Å²) in [6.07, 6.45) is 2.02. The summed E-state index contributed by atoms with van der Waals surface area (Å²) in [7, 11) is 0. The van der Waals surface area contributed by atoms with E-state index in [1.165, 1.54) is 5.56 Å². The lowest BCUT2D eigenvalue weighted by Crippen LogP contribution is -2.28. The van der Waals surface area contributed by atoms with Crippen LogP contribution in [0.4, 0.5) is 0 Å². The first-order chi connectivity index (χ1) is 14.4. The van der Waals surface area contributed by atoms with E-state index in [0.29, 0.717) is 6.04 Å². The molecule has 1 aliphatic rings. The van der Waals surface area contributed by atoms with Crippen molar-refractivity contribution in [2.75, 3.05) is 6.54 Å². The van der Waals surface area contributed by atoms with Crippen LogP contribution in [0.1, 0.15) is 23.8 Å². The van der Waals surface area contributed by atoms with E-state index < -0.39 is 0 Å². The van der Waals surface area contributed by atoms with Gasteiger partial charge in [0.15, 0.2) is 11.7 Å². The van der Waals surface area contributed by atoms with E-state index in [0.717, 1.165) is 47.9 Å². The van der Waals surface area contributed by atoms with Gasteiger partial charge in [-0.1, -0.05) is 91.0 Å². The summed E-state index contributed by atoms with van der Waals surface area (Å²) in [5.74, 6) is 1.97. The van der Waals surface area contributed by atoms with Crippen LogP contribution in [-0.4, -0.2) is 17.6 Å². The van der Waals surface area contributed by atoms with Crippen LogP contribution in [0, 0.1) is 0 Å². The smallest absolute Gasteiger partial charge is 0.200 e. The van der Waals surface area contributed by atoms with Gasteiger partial charge in [-0.3, -0.25) is 0 Å². The quantitative estimate of drug-likeness (QED) is 0.483. The van der Waals surface area contributed by atoms with Crippen molar-refractivity contribution in [2.24, 2.45) is 0 Å². The molecule has 2 unspecified atom stereocenters. The number of aromatic nitrogens is 1. The molecule has 1 fully saturated rings. The molecule has 29 heavy (non-hydrogen) atoms. The minimum absolute atomic E-state index is 0.273. The summed E-state index contributed by atoms with van der Waals surface area (Å²) < 4.78 is 6.46. The van der Waals surface area contributed by atoms with Crippen LogP contribution in [-0.2, 0) is 6.42 Å². The van der Waals surface area contributed by atoms with Crippen molar-refractivity contribution in [2.45, 2.75) is 24.8 Å². The molecule has 1 aromatic heterocycles. The molecule has 5 rings (SSSR count). The fourth-order valence-corrected chi connectivity index (χ4v) is 4.22. The number of hydrogen-bond donors (Lipinski definition) is 1. The Hall–Kier alpha value is -3.17. The van der Waals surface area contributed by atoms with Gasteiger partial charge in [-0.05, 0) is 24.9 Å². The molecule has 144 valence electrons. The molecule has 0 radical (unpaired) electrons. The molecule has 2 atom stereocenters. The number of benzene rings is 3. The standard InChI is InChI=1S/C26H24N2O/c1-4-10-19(11-5-1)18-23-22(16-17-27-23)26-28-24(20-12-6-2-7-13-20)25(29-26)21-14-8-3-9-15-21/h1-15,22-23,27H,16-18H2. The second kappa shape index (κ2) is 8.06. The van der Waals surface area contributed by atoms with Crippen LogP contribution >= 0.6 is 0 Å². The Morgan fingerprint density at radius 1 is 0.793 bits per heavy atom. The molecule has 0 bridgehead atoms. The Morgan fingerprint density at radius 3 is 2.10 bits per heavy atom. The zero-order valence-electron chi connectivity index (χ0n) is 16.3. The average Bonchev–Trinajstić information content (AvgIpc) is 3.43. The van der Waals surface area contributed by atoms with Gasteiger partial charge in [-0.2, -0.15) is 0 Å². The maximum atomic E-state index is 6.46. The van der Waals surface area contributed by atoms with Crippen molar-refractivity contribution in [1.29, 1.82) is 0 Å². The lowest BCUT2D eigenvalue weighted by Gasteiger charge is -2.17. The zero-order valence-corrected chi connectivity index (χ0v) is 16.3. The van der Waals surface area contributed by atoms with E-state index >= 15 is 0 Å². The van der Waals surface area contributed by atoms with Crippen LogP contribution in [0.5, 0.6) is 0 Å². The fraction of sp³-hybridized carbons (Fsp3) is 0.192. The predicted octanol–water partition coefficient (Wildman–Crippen LogP) is 5.70. The zero-order chi connectivity index (χ0) is 19.5. The third kappa shape index (κ3) is 3.74. The summed E-state index contributed by atoms with van der Waals surface area (Å²) in [4.78, 5) is 5.02. The van der Waals surface area contributed by atoms with Gasteiger partial charge >= 0.3 is 0 Å². The molecular formula is C26H24N2O. The van der Waals surface area contributed by atoms with Crippen molar-refractivity contribution >= 4 is 0 Å². The molecule has 3 aromatic carbocycles. The molecule has 1 N–H and O–H groups in total. The molecule has 4 aromatic rings. The number of oxazole rings is 1. The fourth-order valence-electron chi connectivity index (χ4n) is 4.22. The van der Waals surface area contributed by atoms with Gasteiger partial charge in [0.2, 0.25) is 0 Å². The van der Waals surface area contributed by atoms with Gasteiger partial charge in [0.25, 0.3) is 0 Å². The van der Waals surface area contributed by atoms with Crippen LogP contribution in [0.2, 0.25) is 0 Å². The van der Waals surface area contributed by atoms with E-state index in [1.807, 2.05) is 36.4 Å². The molecular weight excluding hydrogens is 356 g/mol. The Kier molecular flexibility index (Phi) is 4.97. The van der Waals surface area contributed by atoms with Crippen molar-refractivity contribution < 1.29 is 4.42 Å². The highest BCUT2D eigenvalue weighted by molar-refractivity contribution is 5.76. The number of nitrogens with one attached hydrogen (secondary N) is 1. The maximum Gasteiger partial charge on any atom is 0.200 e. The molecule has 0 aliphatic carbocycles. The topological polar surface area (TPSA) is 38.1 Å². The van der Waals surface area contributed by atoms with E-state index in [-0.39, 0.29) is 5.92 Å². The molecule has 1 aliphatic heterocycles. The van der Waals surface area contributed by atoms with Gasteiger partial charge in [0.1, 0.15) is 5.69 Å². The number of hydrogen-bond acceptors (Lipinski definition) is 3. The number of nitrogens with zero attached hydrogens (tertiary/aromatic N) is 1. The Balaban J connectivity index is 1.52. The summed E-state index contributed by atoms with van der Waals surface area (Å²) >= 11 is 0. The van der Waals surface area contributed by atoms with E-state index in [4.69, 9.17) is 9.40 Å². The normalized spacial score (nSPS) is 18.8. The third-order valence-electron chi connectivity index (χ3n) is 5.69. The Bertz CT molecular complexity index is 1000. The summed E-state index contributed by atoms with van der Waals surface area (Å²) in [6, 6.07) is 31.6. The molecule has 0 spiro atoms. The van der Waals surface area contributed by atoms with Crippen LogP contribution in [0.15, 0.2) is 95.4 Å². The van der Waals surface area contributed by atoms with Crippen molar-refractivity contribution in [1.82, 2.24) is 10.3 Å². The highest BCUT2D eigenvalue weighted by Gasteiger charge is 2.33. The monoisotopic (exact) mass is 380 g/mol. The van der Waals surface area contributed by atoms with Crippen molar-refractivity contribution in [3.63, 3.8) is 0 Å². The molecule has 2 heterocycles. The first kappa shape index (κ1) is 17.9. The van der Waals surface area contributed by atoms with Gasteiger partial charge in [0.05, 0.1) is 5.92 Å². The van der Waals surface area contributed by atoms with Crippen LogP contribution < -0.4 is 5.32 Å². The Labute approximate surface area is 171 Å². The summed E-state index contributed by atoms with van der Waals surface area (Å²) in [5, 5.41) is 3.66.